The first kappa shape index (κ1) is 20.6. The molecule has 0 radical (unpaired) electrons. The summed E-state index contributed by atoms with van der Waals surface area (Å²) < 4.78 is 42.1. The molecule has 1 aromatic carbocycles. The second kappa shape index (κ2) is 7.73. The van der Waals surface area contributed by atoms with Crippen molar-refractivity contribution in [2.45, 2.75) is 47.0 Å². The van der Waals surface area contributed by atoms with Crippen LogP contribution in [-0.2, 0) is 19.3 Å². The van der Waals surface area contributed by atoms with Crippen molar-refractivity contribution in [1.29, 1.82) is 0 Å². The van der Waals surface area contributed by atoms with Crippen molar-refractivity contribution in [1.82, 2.24) is 19.6 Å². The van der Waals surface area contributed by atoms with Crippen molar-refractivity contribution >= 4 is 11.6 Å². The number of alkyl halides is 3. The van der Waals surface area contributed by atoms with E-state index in [0.29, 0.717) is 34.7 Å². The monoisotopic (exact) mass is 405 g/mol. The van der Waals surface area contributed by atoms with Crippen LogP contribution in [0.15, 0.2) is 30.5 Å². The molecule has 0 saturated heterocycles. The number of carbonyl (C=O) groups is 1. The molecule has 3 rings (SSSR count). The fourth-order valence-corrected chi connectivity index (χ4v) is 3.22. The molecule has 2 heterocycles. The Hall–Kier alpha value is -3.10. The minimum atomic E-state index is -4.40. The van der Waals surface area contributed by atoms with E-state index in [2.05, 4.69) is 15.5 Å². The minimum absolute atomic E-state index is 0.166. The predicted molar refractivity (Wildman–Crippen MR) is 103 cm³/mol. The van der Waals surface area contributed by atoms with E-state index in [1.807, 2.05) is 13.8 Å². The number of aromatic nitrogens is 4. The molecule has 29 heavy (non-hydrogen) atoms. The third-order valence-corrected chi connectivity index (χ3v) is 4.85. The summed E-state index contributed by atoms with van der Waals surface area (Å²) in [6, 6.07) is 5.14. The number of carbonyl (C=O) groups excluding carboxylic acids is 1. The van der Waals surface area contributed by atoms with Crippen LogP contribution in [0.2, 0.25) is 0 Å². The number of nitrogens with one attached hydrogen (secondary N) is 1. The average Bonchev–Trinajstić information content (AvgIpc) is 3.15. The Morgan fingerprint density at radius 1 is 1.14 bits per heavy atom. The lowest BCUT2D eigenvalue weighted by Crippen LogP contribution is -2.14. The summed E-state index contributed by atoms with van der Waals surface area (Å²) in [5.41, 5.74) is 2.80. The van der Waals surface area contributed by atoms with E-state index in [-0.39, 0.29) is 12.5 Å². The summed E-state index contributed by atoms with van der Waals surface area (Å²) in [7, 11) is 0. The first-order chi connectivity index (χ1) is 13.6. The molecule has 154 valence electrons. The lowest BCUT2D eigenvalue weighted by atomic mass is 10.1. The molecule has 0 aliphatic heterocycles. The lowest BCUT2D eigenvalue weighted by Gasteiger charge is -2.10. The molecule has 0 saturated carbocycles. The maximum absolute atomic E-state index is 12.9. The third kappa shape index (κ3) is 4.18. The zero-order valence-corrected chi connectivity index (χ0v) is 16.6. The smallest absolute Gasteiger partial charge is 0.319 e. The van der Waals surface area contributed by atoms with Crippen LogP contribution in [0.3, 0.4) is 0 Å². The summed E-state index contributed by atoms with van der Waals surface area (Å²) in [5, 5.41) is 11.4. The highest BCUT2D eigenvalue weighted by molar-refractivity contribution is 6.05. The molecular weight excluding hydrogens is 383 g/mol. The second-order valence-electron chi connectivity index (χ2n) is 6.82. The van der Waals surface area contributed by atoms with Crippen molar-refractivity contribution in [2.24, 2.45) is 0 Å². The van der Waals surface area contributed by atoms with Gasteiger partial charge in [0.2, 0.25) is 0 Å². The number of amides is 1. The normalized spacial score (nSPS) is 11.7. The highest BCUT2D eigenvalue weighted by Gasteiger charge is 2.30. The molecular formula is C20H22F3N5O. The van der Waals surface area contributed by atoms with E-state index in [9.17, 15) is 18.0 Å². The van der Waals surface area contributed by atoms with E-state index >= 15 is 0 Å². The van der Waals surface area contributed by atoms with Gasteiger partial charge in [0.05, 0.1) is 40.9 Å². The zero-order valence-electron chi connectivity index (χ0n) is 16.6. The molecule has 3 aromatic rings. The number of benzene rings is 1. The van der Waals surface area contributed by atoms with Gasteiger partial charge in [-0.05, 0) is 45.4 Å². The van der Waals surface area contributed by atoms with Gasteiger partial charge in [-0.1, -0.05) is 12.1 Å². The van der Waals surface area contributed by atoms with Crippen LogP contribution < -0.4 is 5.32 Å². The SMILES string of the molecule is CCn1ncc(C(=O)Nc2c(C)nn(Cc3cccc(C(F)(F)F)c3)c2C)c1C. The molecule has 0 spiro atoms. The van der Waals surface area contributed by atoms with E-state index in [0.717, 1.165) is 17.8 Å². The van der Waals surface area contributed by atoms with Gasteiger partial charge in [0.25, 0.3) is 5.91 Å². The molecule has 1 amide bonds. The molecule has 0 bridgehead atoms. The van der Waals surface area contributed by atoms with Crippen molar-refractivity contribution in [2.75, 3.05) is 5.32 Å². The Labute approximate surface area is 166 Å². The summed E-state index contributed by atoms with van der Waals surface area (Å²) in [4.78, 5) is 12.7. The van der Waals surface area contributed by atoms with Gasteiger partial charge >= 0.3 is 6.18 Å². The summed E-state index contributed by atoms with van der Waals surface area (Å²) in [6.07, 6.45) is -2.88. The molecule has 0 fully saturated rings. The van der Waals surface area contributed by atoms with Crippen molar-refractivity contribution in [3.8, 4) is 0 Å². The number of hydrogen-bond acceptors (Lipinski definition) is 3. The quantitative estimate of drug-likeness (QED) is 0.687. The number of aryl methyl sites for hydroxylation is 2. The second-order valence-corrected chi connectivity index (χ2v) is 6.82. The van der Waals surface area contributed by atoms with Gasteiger partial charge in [0.15, 0.2) is 0 Å². The highest BCUT2D eigenvalue weighted by atomic mass is 19.4. The van der Waals surface area contributed by atoms with E-state index in [4.69, 9.17) is 0 Å². The van der Waals surface area contributed by atoms with Gasteiger partial charge in [0.1, 0.15) is 0 Å². The van der Waals surface area contributed by atoms with Crippen LogP contribution >= 0.6 is 0 Å². The van der Waals surface area contributed by atoms with Crippen LogP contribution in [-0.4, -0.2) is 25.5 Å². The first-order valence-corrected chi connectivity index (χ1v) is 9.15. The van der Waals surface area contributed by atoms with E-state index in [1.165, 1.54) is 12.3 Å². The number of halogens is 3. The number of hydrogen-bond donors (Lipinski definition) is 1. The predicted octanol–water partition coefficient (Wildman–Crippen LogP) is 4.34. The lowest BCUT2D eigenvalue weighted by molar-refractivity contribution is -0.137. The van der Waals surface area contributed by atoms with Gasteiger partial charge in [-0.3, -0.25) is 14.2 Å². The topological polar surface area (TPSA) is 64.7 Å². The standard InChI is InChI=1S/C20H22F3N5O/c1-5-27-13(3)17(10-24-27)19(29)25-18-12(2)26-28(14(18)4)11-15-7-6-8-16(9-15)20(21,22)23/h6-10H,5,11H2,1-4H3,(H,25,29). The summed E-state index contributed by atoms with van der Waals surface area (Å²) in [6.45, 7) is 8.10. The highest BCUT2D eigenvalue weighted by Crippen LogP contribution is 2.30. The average molecular weight is 405 g/mol. The van der Waals surface area contributed by atoms with Gasteiger partial charge < -0.3 is 5.32 Å². The Kier molecular flexibility index (Phi) is 5.50. The maximum atomic E-state index is 12.9. The van der Waals surface area contributed by atoms with Gasteiger partial charge in [-0.2, -0.15) is 23.4 Å². The molecule has 6 nitrogen and oxygen atoms in total. The summed E-state index contributed by atoms with van der Waals surface area (Å²) in [5.74, 6) is -0.299. The number of rotatable bonds is 5. The Balaban J connectivity index is 1.83. The fraction of sp³-hybridized carbons (Fsp3) is 0.350. The Morgan fingerprint density at radius 3 is 2.48 bits per heavy atom. The Bertz CT molecular complexity index is 1050. The maximum Gasteiger partial charge on any atom is 0.416 e. The van der Waals surface area contributed by atoms with E-state index in [1.54, 1.807) is 29.3 Å². The van der Waals surface area contributed by atoms with Crippen molar-refractivity contribution in [3.05, 3.63) is 64.2 Å². The van der Waals surface area contributed by atoms with Crippen LogP contribution in [0, 0.1) is 20.8 Å². The largest absolute Gasteiger partial charge is 0.416 e. The first-order valence-electron chi connectivity index (χ1n) is 9.15. The van der Waals surface area contributed by atoms with Crippen LogP contribution in [0.5, 0.6) is 0 Å². The molecule has 0 atom stereocenters. The van der Waals surface area contributed by atoms with Gasteiger partial charge in [-0.15, -0.1) is 0 Å². The fourth-order valence-electron chi connectivity index (χ4n) is 3.22. The van der Waals surface area contributed by atoms with Crippen LogP contribution in [0.1, 0.15) is 45.5 Å². The van der Waals surface area contributed by atoms with E-state index < -0.39 is 11.7 Å². The molecule has 2 aromatic heterocycles. The number of anilines is 1. The zero-order chi connectivity index (χ0) is 21.3. The molecule has 0 aliphatic rings. The number of nitrogens with zero attached hydrogens (tertiary/aromatic N) is 4. The molecule has 9 heteroatoms. The summed E-state index contributed by atoms with van der Waals surface area (Å²) >= 11 is 0. The molecule has 0 unspecified atom stereocenters. The van der Waals surface area contributed by atoms with Crippen LogP contribution in [0.25, 0.3) is 0 Å². The van der Waals surface area contributed by atoms with Gasteiger partial charge in [0, 0.05) is 12.2 Å². The van der Waals surface area contributed by atoms with Gasteiger partial charge in [-0.25, -0.2) is 0 Å². The molecule has 0 aliphatic carbocycles. The van der Waals surface area contributed by atoms with Crippen LogP contribution in [0.4, 0.5) is 18.9 Å². The Morgan fingerprint density at radius 2 is 1.86 bits per heavy atom. The third-order valence-electron chi connectivity index (χ3n) is 4.85. The van der Waals surface area contributed by atoms with Crippen molar-refractivity contribution in [3.63, 3.8) is 0 Å². The molecule has 1 N–H and O–H groups in total. The minimum Gasteiger partial charge on any atom is -0.319 e. The van der Waals surface area contributed by atoms with Crippen molar-refractivity contribution < 1.29 is 18.0 Å².